The second-order valence-electron chi connectivity index (χ2n) is 7.24. The third-order valence-electron chi connectivity index (χ3n) is 5.31. The van der Waals surface area contributed by atoms with Crippen molar-refractivity contribution in [1.82, 2.24) is 5.32 Å². The van der Waals surface area contributed by atoms with Crippen LogP contribution in [0, 0.1) is 12.3 Å². The van der Waals surface area contributed by atoms with Gasteiger partial charge in [-0.25, -0.2) is 0 Å². The fourth-order valence-electron chi connectivity index (χ4n) is 3.38. The molecule has 1 amide bonds. The molecule has 1 aromatic carbocycles. The van der Waals surface area contributed by atoms with E-state index in [1.54, 1.807) is 11.3 Å². The van der Waals surface area contributed by atoms with Crippen molar-refractivity contribution in [2.75, 3.05) is 26.4 Å². The highest BCUT2D eigenvalue weighted by atomic mass is 32.1. The largest absolute Gasteiger partial charge is 0.396 e. The molecule has 1 saturated heterocycles. The summed E-state index contributed by atoms with van der Waals surface area (Å²) in [4.78, 5) is 14.2. The van der Waals surface area contributed by atoms with E-state index in [1.807, 2.05) is 30.5 Å². The van der Waals surface area contributed by atoms with Crippen LogP contribution < -0.4 is 5.32 Å². The summed E-state index contributed by atoms with van der Waals surface area (Å²) in [5.74, 6) is -0.189. The summed E-state index contributed by atoms with van der Waals surface area (Å²) < 4.78 is 5.41. The fourth-order valence-corrected chi connectivity index (χ4v) is 4.14. The van der Waals surface area contributed by atoms with Gasteiger partial charge in [-0.3, -0.25) is 4.79 Å². The molecule has 1 unspecified atom stereocenters. The monoisotopic (exact) mass is 373 g/mol. The number of rotatable bonds is 7. The van der Waals surface area contributed by atoms with Crippen molar-refractivity contribution in [3.63, 3.8) is 0 Å². The molecule has 0 spiro atoms. The maximum Gasteiger partial charge on any atom is 0.227 e. The first-order valence-electron chi connectivity index (χ1n) is 9.17. The van der Waals surface area contributed by atoms with Crippen molar-refractivity contribution in [3.8, 4) is 0 Å². The number of benzene rings is 1. The van der Waals surface area contributed by atoms with Crippen LogP contribution in [0.2, 0.25) is 0 Å². The molecule has 1 fully saturated rings. The molecule has 1 aromatic heterocycles. The SMILES string of the molecule is Cc1ccc(C(Cc2cccs2)C(=O)NCC2(CO)CCOCC2)cc1. The Morgan fingerprint density at radius 2 is 2.00 bits per heavy atom. The van der Waals surface area contributed by atoms with E-state index in [9.17, 15) is 9.90 Å². The lowest BCUT2D eigenvalue weighted by atomic mass is 9.80. The predicted octanol–water partition coefficient (Wildman–Crippen LogP) is 3.29. The lowest BCUT2D eigenvalue weighted by Gasteiger charge is -2.36. The van der Waals surface area contributed by atoms with Crippen molar-refractivity contribution in [2.24, 2.45) is 5.41 Å². The standard InChI is InChI=1S/C21H27NO3S/c1-16-4-6-17(7-5-16)19(13-18-3-2-12-26-18)20(24)22-14-21(15-23)8-10-25-11-9-21/h2-7,12,19,23H,8-11,13-15H2,1H3,(H,22,24). The Morgan fingerprint density at radius 1 is 1.27 bits per heavy atom. The van der Waals surface area contributed by atoms with Crippen LogP contribution in [0.4, 0.5) is 0 Å². The number of aryl methyl sites for hydroxylation is 1. The first kappa shape index (κ1) is 19.1. The van der Waals surface area contributed by atoms with Gasteiger partial charge in [0.05, 0.1) is 12.5 Å². The summed E-state index contributed by atoms with van der Waals surface area (Å²) in [5.41, 5.74) is 1.96. The Labute approximate surface area is 159 Å². The molecule has 0 saturated carbocycles. The Hall–Kier alpha value is -1.69. The number of hydrogen-bond donors (Lipinski definition) is 2. The van der Waals surface area contributed by atoms with E-state index in [-0.39, 0.29) is 23.8 Å². The Morgan fingerprint density at radius 3 is 2.62 bits per heavy atom. The second-order valence-corrected chi connectivity index (χ2v) is 8.27. The summed E-state index contributed by atoms with van der Waals surface area (Å²) in [6.45, 7) is 3.92. The van der Waals surface area contributed by atoms with Gasteiger partial charge in [0.15, 0.2) is 0 Å². The highest BCUT2D eigenvalue weighted by Gasteiger charge is 2.33. The maximum absolute atomic E-state index is 13.0. The molecular formula is C21H27NO3S. The molecule has 3 rings (SSSR count). The third kappa shape index (κ3) is 4.72. The zero-order valence-electron chi connectivity index (χ0n) is 15.2. The molecule has 0 bridgehead atoms. The fraction of sp³-hybridized carbons (Fsp3) is 0.476. The molecule has 26 heavy (non-hydrogen) atoms. The lowest BCUT2D eigenvalue weighted by molar-refractivity contribution is -0.123. The number of aliphatic hydroxyl groups is 1. The van der Waals surface area contributed by atoms with E-state index in [0.717, 1.165) is 18.4 Å². The Balaban J connectivity index is 1.72. The van der Waals surface area contributed by atoms with Gasteiger partial charge in [-0.2, -0.15) is 0 Å². The topological polar surface area (TPSA) is 58.6 Å². The zero-order valence-corrected chi connectivity index (χ0v) is 16.1. The summed E-state index contributed by atoms with van der Waals surface area (Å²) >= 11 is 1.68. The molecule has 1 aliphatic rings. The lowest BCUT2D eigenvalue weighted by Crippen LogP contribution is -2.45. The Kier molecular flexibility index (Phi) is 6.46. The minimum Gasteiger partial charge on any atom is -0.396 e. The number of thiophene rings is 1. The van der Waals surface area contributed by atoms with Gasteiger partial charge >= 0.3 is 0 Å². The first-order chi connectivity index (χ1) is 12.6. The molecule has 140 valence electrons. The minimum absolute atomic E-state index is 0.0292. The van der Waals surface area contributed by atoms with Gasteiger partial charge in [-0.05, 0) is 43.2 Å². The summed E-state index contributed by atoms with van der Waals surface area (Å²) in [6, 6.07) is 12.3. The van der Waals surface area contributed by atoms with Gasteiger partial charge in [0.1, 0.15) is 0 Å². The predicted molar refractivity (Wildman–Crippen MR) is 105 cm³/mol. The molecule has 1 aliphatic heterocycles. The van der Waals surface area contributed by atoms with E-state index in [0.29, 0.717) is 26.2 Å². The molecule has 0 radical (unpaired) electrons. The summed E-state index contributed by atoms with van der Waals surface area (Å²) in [6.07, 6.45) is 2.26. The molecule has 0 aliphatic carbocycles. The number of ether oxygens (including phenoxy) is 1. The quantitative estimate of drug-likeness (QED) is 0.783. The van der Waals surface area contributed by atoms with E-state index >= 15 is 0 Å². The molecule has 2 heterocycles. The molecule has 1 atom stereocenters. The van der Waals surface area contributed by atoms with Crippen LogP contribution in [0.25, 0.3) is 0 Å². The smallest absolute Gasteiger partial charge is 0.227 e. The van der Waals surface area contributed by atoms with Gasteiger partial charge < -0.3 is 15.2 Å². The van der Waals surface area contributed by atoms with Crippen molar-refractivity contribution < 1.29 is 14.6 Å². The zero-order chi connectivity index (χ0) is 18.4. The number of carbonyl (C=O) groups excluding carboxylic acids is 1. The minimum atomic E-state index is -0.255. The van der Waals surface area contributed by atoms with Crippen LogP contribution in [-0.2, 0) is 16.0 Å². The van der Waals surface area contributed by atoms with E-state index < -0.39 is 0 Å². The van der Waals surface area contributed by atoms with Crippen LogP contribution >= 0.6 is 11.3 Å². The number of amides is 1. The van der Waals surface area contributed by atoms with Crippen molar-refractivity contribution in [2.45, 2.75) is 32.1 Å². The summed E-state index contributed by atoms with van der Waals surface area (Å²) in [7, 11) is 0. The van der Waals surface area contributed by atoms with Crippen LogP contribution in [0.5, 0.6) is 0 Å². The molecular weight excluding hydrogens is 346 g/mol. The van der Waals surface area contributed by atoms with E-state index in [2.05, 4.69) is 23.5 Å². The van der Waals surface area contributed by atoms with Gasteiger partial charge in [0.25, 0.3) is 0 Å². The third-order valence-corrected chi connectivity index (χ3v) is 6.21. The van der Waals surface area contributed by atoms with Crippen LogP contribution in [-0.4, -0.2) is 37.4 Å². The van der Waals surface area contributed by atoms with E-state index in [4.69, 9.17) is 4.74 Å². The van der Waals surface area contributed by atoms with Crippen molar-refractivity contribution in [1.29, 1.82) is 0 Å². The Bertz CT molecular complexity index is 691. The average Bonchev–Trinajstić information content (AvgIpc) is 3.19. The highest BCUT2D eigenvalue weighted by molar-refractivity contribution is 7.09. The average molecular weight is 374 g/mol. The van der Waals surface area contributed by atoms with Crippen LogP contribution in [0.15, 0.2) is 41.8 Å². The normalized spacial score (nSPS) is 17.6. The van der Waals surface area contributed by atoms with Crippen molar-refractivity contribution >= 4 is 17.2 Å². The summed E-state index contributed by atoms with van der Waals surface area (Å²) in [5, 5.41) is 15.0. The maximum atomic E-state index is 13.0. The van der Waals surface area contributed by atoms with Crippen LogP contribution in [0.3, 0.4) is 0 Å². The number of aliphatic hydroxyl groups excluding tert-OH is 1. The first-order valence-corrected chi connectivity index (χ1v) is 10.1. The van der Waals surface area contributed by atoms with E-state index in [1.165, 1.54) is 10.4 Å². The molecule has 2 aromatic rings. The second kappa shape index (κ2) is 8.80. The van der Waals surface area contributed by atoms with Crippen LogP contribution in [0.1, 0.15) is 34.8 Å². The highest BCUT2D eigenvalue weighted by Crippen LogP contribution is 2.30. The number of hydrogen-bond acceptors (Lipinski definition) is 4. The van der Waals surface area contributed by atoms with Crippen molar-refractivity contribution in [3.05, 3.63) is 57.8 Å². The number of nitrogens with one attached hydrogen (secondary N) is 1. The van der Waals surface area contributed by atoms with Gasteiger partial charge in [0, 0.05) is 30.1 Å². The molecule has 2 N–H and O–H groups in total. The van der Waals surface area contributed by atoms with Gasteiger partial charge in [-0.1, -0.05) is 35.9 Å². The molecule has 4 nitrogen and oxygen atoms in total. The molecule has 5 heteroatoms. The van der Waals surface area contributed by atoms with Gasteiger partial charge in [0.2, 0.25) is 5.91 Å². The van der Waals surface area contributed by atoms with Gasteiger partial charge in [-0.15, -0.1) is 11.3 Å². The number of carbonyl (C=O) groups is 1.